The second kappa shape index (κ2) is 6.39. The summed E-state index contributed by atoms with van der Waals surface area (Å²) >= 11 is 5.88. The van der Waals surface area contributed by atoms with Crippen LogP contribution in [0, 0.1) is 0 Å². The van der Waals surface area contributed by atoms with Gasteiger partial charge in [0, 0.05) is 24.6 Å². The van der Waals surface area contributed by atoms with Crippen LogP contribution in [0.5, 0.6) is 0 Å². The number of rotatable bonds is 6. The average Bonchev–Trinajstić information content (AvgIpc) is 2.90. The third kappa shape index (κ3) is 3.91. The number of hydrazine groups is 1. The van der Waals surface area contributed by atoms with Crippen LogP contribution in [0.3, 0.4) is 0 Å². The van der Waals surface area contributed by atoms with Gasteiger partial charge in [0.2, 0.25) is 10.0 Å². The number of sulfonamides is 1. The van der Waals surface area contributed by atoms with Crippen molar-refractivity contribution in [3.05, 3.63) is 35.7 Å². The first kappa shape index (κ1) is 15.7. The Bertz CT molecular complexity index is 704. The molecule has 0 aliphatic heterocycles. The fraction of sp³-hybridized carbons (Fsp3) is 0.273. The summed E-state index contributed by atoms with van der Waals surface area (Å²) in [6.45, 7) is 2.15. The number of anilines is 1. The minimum absolute atomic E-state index is 0.0289. The van der Waals surface area contributed by atoms with Gasteiger partial charge in [0.05, 0.1) is 11.6 Å². The van der Waals surface area contributed by atoms with Crippen LogP contribution < -0.4 is 16.0 Å². The van der Waals surface area contributed by atoms with Crippen molar-refractivity contribution in [2.75, 3.05) is 5.43 Å². The summed E-state index contributed by atoms with van der Waals surface area (Å²) in [5.41, 5.74) is 2.27. The molecule has 0 aliphatic rings. The van der Waals surface area contributed by atoms with Crippen molar-refractivity contribution in [1.82, 2.24) is 19.5 Å². The molecule has 2 heterocycles. The molecule has 1 atom stereocenters. The Hall–Kier alpha value is -1.68. The Morgan fingerprint density at radius 1 is 1.52 bits per heavy atom. The highest BCUT2D eigenvalue weighted by atomic mass is 35.5. The molecule has 2 aromatic rings. The zero-order valence-electron chi connectivity index (χ0n) is 11.2. The molecule has 10 heteroatoms. The van der Waals surface area contributed by atoms with Crippen molar-refractivity contribution < 1.29 is 8.42 Å². The molecule has 1 unspecified atom stereocenters. The minimum Gasteiger partial charge on any atom is -0.307 e. The summed E-state index contributed by atoms with van der Waals surface area (Å²) in [6.07, 6.45) is 4.57. The number of hydrogen-bond donors (Lipinski definition) is 3. The van der Waals surface area contributed by atoms with Gasteiger partial charge in [-0.25, -0.2) is 24.0 Å². The van der Waals surface area contributed by atoms with E-state index < -0.39 is 10.0 Å². The van der Waals surface area contributed by atoms with E-state index in [9.17, 15) is 8.42 Å². The number of aromatic nitrogens is 3. The first-order valence-corrected chi connectivity index (χ1v) is 7.90. The van der Waals surface area contributed by atoms with Crippen LogP contribution in [0.25, 0.3) is 0 Å². The molecule has 0 aromatic carbocycles. The molecular weight excluding hydrogens is 316 g/mol. The third-order valence-electron chi connectivity index (χ3n) is 2.64. The molecular formula is C11H15ClN6O2S. The van der Waals surface area contributed by atoms with Crippen molar-refractivity contribution in [2.45, 2.75) is 24.4 Å². The molecule has 21 heavy (non-hydrogen) atoms. The van der Waals surface area contributed by atoms with Gasteiger partial charge in [-0.15, -0.1) is 0 Å². The van der Waals surface area contributed by atoms with Gasteiger partial charge in [0.15, 0.2) is 5.82 Å². The van der Waals surface area contributed by atoms with Crippen molar-refractivity contribution in [3.8, 4) is 0 Å². The fourth-order valence-corrected chi connectivity index (χ4v) is 3.22. The summed E-state index contributed by atoms with van der Waals surface area (Å²) < 4.78 is 28.6. The quantitative estimate of drug-likeness (QED) is 0.527. The van der Waals surface area contributed by atoms with Gasteiger partial charge < -0.3 is 5.43 Å². The van der Waals surface area contributed by atoms with Gasteiger partial charge in [-0.3, -0.25) is 4.68 Å². The zero-order chi connectivity index (χ0) is 15.5. The zero-order valence-corrected chi connectivity index (χ0v) is 12.8. The van der Waals surface area contributed by atoms with E-state index in [1.54, 1.807) is 30.1 Å². The molecule has 0 fully saturated rings. The van der Waals surface area contributed by atoms with Crippen molar-refractivity contribution in [3.63, 3.8) is 0 Å². The Balaban J connectivity index is 2.12. The lowest BCUT2D eigenvalue weighted by Gasteiger charge is -2.14. The molecule has 0 bridgehead atoms. The smallest absolute Gasteiger partial charge is 0.242 e. The van der Waals surface area contributed by atoms with Gasteiger partial charge >= 0.3 is 0 Å². The molecule has 2 rings (SSSR count). The molecule has 0 amide bonds. The third-order valence-corrected chi connectivity index (χ3v) is 4.48. The highest BCUT2D eigenvalue weighted by Gasteiger charge is 2.19. The maximum atomic E-state index is 12.2. The van der Waals surface area contributed by atoms with E-state index in [-0.39, 0.29) is 21.8 Å². The first-order chi connectivity index (χ1) is 9.92. The summed E-state index contributed by atoms with van der Waals surface area (Å²) in [7, 11) is -3.72. The molecule has 0 saturated heterocycles. The molecule has 2 aromatic heterocycles. The van der Waals surface area contributed by atoms with E-state index in [1.165, 1.54) is 12.3 Å². The number of nitrogen functional groups attached to an aromatic ring is 1. The predicted octanol–water partition coefficient (Wildman–Crippen LogP) is 0.584. The normalized spacial score (nSPS) is 13.1. The lowest BCUT2D eigenvalue weighted by Crippen LogP contribution is -2.35. The molecule has 0 spiro atoms. The molecule has 114 valence electrons. The Morgan fingerprint density at radius 2 is 2.29 bits per heavy atom. The SMILES string of the molecule is CC(Cn1cccn1)NS(=O)(=O)c1cnc(NN)c(Cl)c1. The number of nitrogens with zero attached hydrogens (tertiary/aromatic N) is 3. The summed E-state index contributed by atoms with van der Waals surface area (Å²) in [5.74, 6) is 5.40. The highest BCUT2D eigenvalue weighted by Crippen LogP contribution is 2.21. The van der Waals surface area contributed by atoms with Crippen LogP contribution in [0.15, 0.2) is 35.6 Å². The van der Waals surface area contributed by atoms with E-state index in [0.29, 0.717) is 6.54 Å². The van der Waals surface area contributed by atoms with E-state index in [0.717, 1.165) is 0 Å². The number of nitrogens with one attached hydrogen (secondary N) is 2. The molecule has 0 aliphatic carbocycles. The van der Waals surface area contributed by atoms with Gasteiger partial charge in [0.25, 0.3) is 0 Å². The summed E-state index contributed by atoms with van der Waals surface area (Å²) in [6, 6.07) is 2.71. The van der Waals surface area contributed by atoms with Crippen LogP contribution in [-0.2, 0) is 16.6 Å². The summed E-state index contributed by atoms with van der Waals surface area (Å²) in [4.78, 5) is 3.81. The second-order valence-electron chi connectivity index (χ2n) is 4.40. The van der Waals surface area contributed by atoms with Crippen LogP contribution in [-0.4, -0.2) is 29.2 Å². The number of halogens is 1. The van der Waals surface area contributed by atoms with E-state index in [1.807, 2.05) is 0 Å². The first-order valence-electron chi connectivity index (χ1n) is 6.04. The number of nitrogens with two attached hydrogens (primary N) is 1. The van der Waals surface area contributed by atoms with Crippen molar-refractivity contribution >= 4 is 27.4 Å². The summed E-state index contributed by atoms with van der Waals surface area (Å²) in [5, 5.41) is 4.15. The van der Waals surface area contributed by atoms with Gasteiger partial charge in [0.1, 0.15) is 4.90 Å². The predicted molar refractivity (Wildman–Crippen MR) is 79.1 cm³/mol. The Kier molecular flexibility index (Phi) is 4.78. The molecule has 0 saturated carbocycles. The van der Waals surface area contributed by atoms with Crippen LogP contribution in [0.4, 0.5) is 5.82 Å². The average molecular weight is 331 g/mol. The van der Waals surface area contributed by atoms with Gasteiger partial charge in [-0.05, 0) is 19.1 Å². The molecule has 8 nitrogen and oxygen atoms in total. The minimum atomic E-state index is -3.72. The Morgan fingerprint density at radius 3 is 2.86 bits per heavy atom. The maximum Gasteiger partial charge on any atom is 0.242 e. The van der Waals surface area contributed by atoms with E-state index in [2.05, 4.69) is 20.2 Å². The van der Waals surface area contributed by atoms with Crippen LogP contribution in [0.2, 0.25) is 5.02 Å². The lowest BCUT2D eigenvalue weighted by atomic mass is 10.4. The fourth-order valence-electron chi connectivity index (χ4n) is 1.73. The van der Waals surface area contributed by atoms with Crippen molar-refractivity contribution in [1.29, 1.82) is 0 Å². The highest BCUT2D eigenvalue weighted by molar-refractivity contribution is 7.89. The van der Waals surface area contributed by atoms with Gasteiger partial charge in [-0.2, -0.15) is 5.10 Å². The maximum absolute atomic E-state index is 12.2. The van der Waals surface area contributed by atoms with Crippen molar-refractivity contribution in [2.24, 2.45) is 5.84 Å². The van der Waals surface area contributed by atoms with Crippen LogP contribution in [0.1, 0.15) is 6.92 Å². The molecule has 4 N–H and O–H groups in total. The topological polar surface area (TPSA) is 115 Å². The van der Waals surface area contributed by atoms with Gasteiger partial charge in [-0.1, -0.05) is 11.6 Å². The lowest BCUT2D eigenvalue weighted by molar-refractivity contribution is 0.494. The number of hydrogen-bond acceptors (Lipinski definition) is 6. The monoisotopic (exact) mass is 330 g/mol. The van der Waals surface area contributed by atoms with E-state index >= 15 is 0 Å². The standard InChI is InChI=1S/C11H15ClN6O2S/c1-8(7-18-4-2-3-15-18)17-21(19,20)9-5-10(12)11(16-13)14-6-9/h2-6,8,17H,7,13H2,1H3,(H,14,16). The second-order valence-corrected chi connectivity index (χ2v) is 6.52. The largest absolute Gasteiger partial charge is 0.307 e. The van der Waals surface area contributed by atoms with E-state index in [4.69, 9.17) is 17.4 Å². The number of pyridine rings is 1. The molecule has 0 radical (unpaired) electrons. The Labute approximate surface area is 127 Å². The van der Waals surface area contributed by atoms with Crippen LogP contribution >= 0.6 is 11.6 Å².